The third kappa shape index (κ3) is 3.04. The number of hydrogen-bond acceptors (Lipinski definition) is 1. The lowest BCUT2D eigenvalue weighted by atomic mass is 10.3. The van der Waals surface area contributed by atoms with Crippen molar-refractivity contribution in [1.29, 1.82) is 0 Å². The normalized spacial score (nSPS) is 10.2. The van der Waals surface area contributed by atoms with E-state index in [1.165, 1.54) is 0 Å². The van der Waals surface area contributed by atoms with Crippen molar-refractivity contribution < 1.29 is 4.79 Å². The highest BCUT2D eigenvalue weighted by molar-refractivity contribution is 6.31. The Morgan fingerprint density at radius 2 is 2.38 bits per heavy atom. The summed E-state index contributed by atoms with van der Waals surface area (Å²) < 4.78 is 1.84. The molecule has 0 aliphatic rings. The number of rotatable bonds is 4. The summed E-state index contributed by atoms with van der Waals surface area (Å²) in [6, 6.07) is 1.85. The van der Waals surface area contributed by atoms with Crippen LogP contribution in [0.1, 0.15) is 36.8 Å². The number of nitrogens with zero attached hydrogens (tertiary/aromatic N) is 1. The van der Waals surface area contributed by atoms with Crippen LogP contribution in [0.25, 0.3) is 0 Å². The standard InChI is InChI=1S/C12H15ClN2O/c1-4-5-6-14-12(16)11-7-10(13)8-15(11)9(2)3/h1,7-9H,5-6H2,2-3H3,(H,14,16). The third-order valence-electron chi connectivity index (χ3n) is 2.16. The molecule has 1 aromatic heterocycles. The Bertz CT molecular complexity index is 415. The molecule has 1 rings (SSSR count). The number of amides is 1. The summed E-state index contributed by atoms with van der Waals surface area (Å²) in [7, 11) is 0. The van der Waals surface area contributed by atoms with Crippen LogP contribution in [0.15, 0.2) is 12.3 Å². The lowest BCUT2D eigenvalue weighted by molar-refractivity contribution is 0.0944. The van der Waals surface area contributed by atoms with Gasteiger partial charge in [-0.3, -0.25) is 4.79 Å². The highest BCUT2D eigenvalue weighted by Crippen LogP contribution is 2.18. The molecular formula is C12H15ClN2O. The molecule has 1 heterocycles. The van der Waals surface area contributed by atoms with Crippen molar-refractivity contribution in [3.05, 3.63) is 23.0 Å². The van der Waals surface area contributed by atoms with Crippen molar-refractivity contribution in [3.63, 3.8) is 0 Å². The molecule has 0 bridgehead atoms. The van der Waals surface area contributed by atoms with Crippen LogP contribution >= 0.6 is 11.6 Å². The molecule has 86 valence electrons. The number of terminal acetylenes is 1. The number of carbonyl (C=O) groups is 1. The Balaban J connectivity index is 2.79. The van der Waals surface area contributed by atoms with Gasteiger partial charge in [-0.1, -0.05) is 11.6 Å². The van der Waals surface area contributed by atoms with Crippen molar-refractivity contribution in [2.75, 3.05) is 6.54 Å². The fourth-order valence-corrected chi connectivity index (χ4v) is 1.60. The second-order valence-corrected chi connectivity index (χ2v) is 4.19. The van der Waals surface area contributed by atoms with Crippen LogP contribution in [-0.2, 0) is 0 Å². The number of aromatic nitrogens is 1. The second kappa shape index (κ2) is 5.62. The van der Waals surface area contributed by atoms with E-state index in [4.69, 9.17) is 18.0 Å². The van der Waals surface area contributed by atoms with Gasteiger partial charge in [0.25, 0.3) is 5.91 Å². The molecule has 0 unspecified atom stereocenters. The number of halogens is 1. The summed E-state index contributed by atoms with van der Waals surface area (Å²) in [5.74, 6) is 2.33. The molecule has 3 nitrogen and oxygen atoms in total. The van der Waals surface area contributed by atoms with Crippen LogP contribution in [0.3, 0.4) is 0 Å². The van der Waals surface area contributed by atoms with Crippen LogP contribution in [0, 0.1) is 12.3 Å². The smallest absolute Gasteiger partial charge is 0.268 e. The fourth-order valence-electron chi connectivity index (χ4n) is 1.39. The van der Waals surface area contributed by atoms with E-state index in [9.17, 15) is 4.79 Å². The van der Waals surface area contributed by atoms with E-state index in [-0.39, 0.29) is 11.9 Å². The molecule has 0 saturated carbocycles. The van der Waals surface area contributed by atoms with Gasteiger partial charge in [-0.25, -0.2) is 0 Å². The molecule has 1 amide bonds. The molecule has 0 aliphatic heterocycles. The molecule has 1 aromatic rings. The van der Waals surface area contributed by atoms with Gasteiger partial charge in [0.1, 0.15) is 5.69 Å². The molecule has 0 atom stereocenters. The molecule has 0 aliphatic carbocycles. The lowest BCUT2D eigenvalue weighted by Crippen LogP contribution is -2.26. The highest BCUT2D eigenvalue weighted by Gasteiger charge is 2.14. The molecule has 0 spiro atoms. The van der Waals surface area contributed by atoms with Crippen LogP contribution in [0.5, 0.6) is 0 Å². The lowest BCUT2D eigenvalue weighted by Gasteiger charge is -2.12. The van der Waals surface area contributed by atoms with Crippen LogP contribution in [-0.4, -0.2) is 17.0 Å². The first-order valence-electron chi connectivity index (χ1n) is 5.15. The minimum Gasteiger partial charge on any atom is -0.350 e. The molecule has 4 heteroatoms. The molecule has 1 N–H and O–H groups in total. The van der Waals surface area contributed by atoms with Crippen molar-refractivity contribution in [2.24, 2.45) is 0 Å². The SMILES string of the molecule is C#CCCNC(=O)c1cc(Cl)cn1C(C)C. The number of nitrogens with one attached hydrogen (secondary N) is 1. The van der Waals surface area contributed by atoms with Crippen LogP contribution in [0.4, 0.5) is 0 Å². The quantitative estimate of drug-likeness (QED) is 0.635. The maximum Gasteiger partial charge on any atom is 0.268 e. The van der Waals surface area contributed by atoms with Crippen LogP contribution in [0.2, 0.25) is 5.02 Å². The largest absolute Gasteiger partial charge is 0.350 e. The monoisotopic (exact) mass is 238 g/mol. The number of carbonyl (C=O) groups excluding carboxylic acids is 1. The Morgan fingerprint density at radius 1 is 1.69 bits per heavy atom. The average molecular weight is 239 g/mol. The zero-order chi connectivity index (χ0) is 12.1. The Hall–Kier alpha value is -1.40. The summed E-state index contributed by atoms with van der Waals surface area (Å²) in [6.45, 7) is 4.47. The highest BCUT2D eigenvalue weighted by atomic mass is 35.5. The van der Waals surface area contributed by atoms with E-state index in [1.54, 1.807) is 12.3 Å². The first-order chi connectivity index (χ1) is 7.56. The minimum atomic E-state index is -0.143. The van der Waals surface area contributed by atoms with Crippen molar-refractivity contribution >= 4 is 17.5 Å². The number of hydrogen-bond donors (Lipinski definition) is 1. The maximum atomic E-state index is 11.8. The average Bonchev–Trinajstić information content (AvgIpc) is 2.61. The molecular weight excluding hydrogens is 224 g/mol. The first-order valence-corrected chi connectivity index (χ1v) is 5.53. The van der Waals surface area contributed by atoms with Crippen molar-refractivity contribution in [3.8, 4) is 12.3 Å². The maximum absolute atomic E-state index is 11.8. The second-order valence-electron chi connectivity index (χ2n) is 3.75. The van der Waals surface area contributed by atoms with E-state index < -0.39 is 0 Å². The van der Waals surface area contributed by atoms with Gasteiger partial charge >= 0.3 is 0 Å². The summed E-state index contributed by atoms with van der Waals surface area (Å²) in [5, 5.41) is 3.31. The van der Waals surface area contributed by atoms with E-state index >= 15 is 0 Å². The fraction of sp³-hybridized carbons (Fsp3) is 0.417. The van der Waals surface area contributed by atoms with E-state index in [0.29, 0.717) is 23.7 Å². The van der Waals surface area contributed by atoms with Crippen molar-refractivity contribution in [1.82, 2.24) is 9.88 Å². The molecule has 0 aromatic carbocycles. The van der Waals surface area contributed by atoms with Gasteiger partial charge in [0.2, 0.25) is 0 Å². The van der Waals surface area contributed by atoms with Gasteiger partial charge in [0.05, 0.1) is 5.02 Å². The van der Waals surface area contributed by atoms with E-state index in [1.807, 2.05) is 18.4 Å². The van der Waals surface area contributed by atoms with E-state index in [0.717, 1.165) is 0 Å². The van der Waals surface area contributed by atoms with Gasteiger partial charge in [-0.05, 0) is 19.9 Å². The Labute approximate surface area is 101 Å². The zero-order valence-electron chi connectivity index (χ0n) is 9.46. The first kappa shape index (κ1) is 12.7. The van der Waals surface area contributed by atoms with Crippen molar-refractivity contribution in [2.45, 2.75) is 26.3 Å². The van der Waals surface area contributed by atoms with Crippen LogP contribution < -0.4 is 5.32 Å². The van der Waals surface area contributed by atoms with Gasteiger partial charge < -0.3 is 9.88 Å². The van der Waals surface area contributed by atoms with Gasteiger partial charge in [0, 0.05) is 25.2 Å². The zero-order valence-corrected chi connectivity index (χ0v) is 10.2. The Kier molecular flexibility index (Phi) is 4.45. The summed E-state index contributed by atoms with van der Waals surface area (Å²) in [6.07, 6.45) is 7.39. The third-order valence-corrected chi connectivity index (χ3v) is 2.37. The van der Waals surface area contributed by atoms with E-state index in [2.05, 4.69) is 11.2 Å². The molecule has 0 saturated heterocycles. The molecule has 0 fully saturated rings. The molecule has 0 radical (unpaired) electrons. The topological polar surface area (TPSA) is 34.0 Å². The summed E-state index contributed by atoms with van der Waals surface area (Å²) in [4.78, 5) is 11.8. The minimum absolute atomic E-state index is 0.143. The molecule has 16 heavy (non-hydrogen) atoms. The van der Waals surface area contributed by atoms with Gasteiger partial charge in [-0.15, -0.1) is 12.3 Å². The van der Waals surface area contributed by atoms with Gasteiger partial charge in [0.15, 0.2) is 0 Å². The van der Waals surface area contributed by atoms with Gasteiger partial charge in [-0.2, -0.15) is 0 Å². The summed E-state index contributed by atoms with van der Waals surface area (Å²) >= 11 is 5.88. The predicted octanol–water partition coefficient (Wildman–Crippen LogP) is 2.48. The predicted molar refractivity (Wildman–Crippen MR) is 65.6 cm³/mol. The Morgan fingerprint density at radius 3 is 2.94 bits per heavy atom. The summed E-state index contributed by atoms with van der Waals surface area (Å²) in [5.41, 5.74) is 0.567.